The first-order valence-corrected chi connectivity index (χ1v) is 7.51. The average Bonchev–Trinajstić information content (AvgIpc) is 3.01. The number of amides is 2. The maximum Gasteiger partial charge on any atom is 0.320 e. The quantitative estimate of drug-likeness (QED) is 0.738. The van der Waals surface area contributed by atoms with Crippen molar-refractivity contribution in [2.24, 2.45) is 17.8 Å². The van der Waals surface area contributed by atoms with Crippen molar-refractivity contribution in [1.29, 1.82) is 0 Å². The second kappa shape index (κ2) is 5.24. The van der Waals surface area contributed by atoms with Gasteiger partial charge in [-0.3, -0.25) is 4.79 Å². The summed E-state index contributed by atoms with van der Waals surface area (Å²) in [6.07, 6.45) is 2.98. The van der Waals surface area contributed by atoms with Gasteiger partial charge in [-0.2, -0.15) is 0 Å². The van der Waals surface area contributed by atoms with Gasteiger partial charge in [0.25, 0.3) is 0 Å². The van der Waals surface area contributed by atoms with Crippen molar-refractivity contribution in [1.82, 2.24) is 9.80 Å². The number of aliphatic hydroxyl groups excluding tert-OH is 1. The lowest BCUT2D eigenvalue weighted by Gasteiger charge is -2.34. The predicted molar refractivity (Wildman–Crippen MR) is 71.1 cm³/mol. The predicted octanol–water partition coefficient (Wildman–Crippen LogP) is 0.606. The maximum absolute atomic E-state index is 12.5. The summed E-state index contributed by atoms with van der Waals surface area (Å²) in [7, 11) is 0. The van der Waals surface area contributed by atoms with E-state index in [1.165, 1.54) is 0 Å². The molecule has 3 aliphatic rings. The van der Waals surface area contributed by atoms with E-state index in [-0.39, 0.29) is 18.1 Å². The Morgan fingerprint density at radius 2 is 1.80 bits per heavy atom. The van der Waals surface area contributed by atoms with E-state index in [1.807, 2.05) is 4.90 Å². The Balaban J connectivity index is 1.61. The van der Waals surface area contributed by atoms with Crippen LogP contribution in [0.15, 0.2) is 0 Å². The van der Waals surface area contributed by atoms with Crippen LogP contribution in [0.25, 0.3) is 0 Å². The van der Waals surface area contributed by atoms with Gasteiger partial charge in [-0.15, -0.1) is 0 Å². The number of hydrogen-bond acceptors (Lipinski definition) is 3. The number of piperidine rings is 1. The molecule has 2 heterocycles. The maximum atomic E-state index is 12.5. The Hall–Kier alpha value is -1.30. The van der Waals surface area contributed by atoms with Gasteiger partial charge in [-0.1, -0.05) is 0 Å². The van der Waals surface area contributed by atoms with Crippen molar-refractivity contribution in [2.75, 3.05) is 26.2 Å². The van der Waals surface area contributed by atoms with E-state index in [9.17, 15) is 14.7 Å². The number of fused-ring (bicyclic) bond motifs is 1. The van der Waals surface area contributed by atoms with Crippen molar-refractivity contribution in [3.8, 4) is 0 Å². The molecule has 4 atom stereocenters. The van der Waals surface area contributed by atoms with E-state index in [0.717, 1.165) is 25.8 Å². The normalized spacial score (nSPS) is 37.0. The molecule has 0 bridgehead atoms. The van der Waals surface area contributed by atoms with E-state index >= 15 is 0 Å². The molecule has 6 nitrogen and oxygen atoms in total. The van der Waals surface area contributed by atoms with E-state index in [4.69, 9.17) is 5.11 Å². The zero-order valence-corrected chi connectivity index (χ0v) is 11.6. The zero-order valence-electron chi connectivity index (χ0n) is 11.6. The van der Waals surface area contributed by atoms with E-state index in [0.29, 0.717) is 32.0 Å². The molecule has 0 aromatic heterocycles. The third-order valence-corrected chi connectivity index (χ3v) is 5.13. The van der Waals surface area contributed by atoms with Crippen LogP contribution in [0.5, 0.6) is 0 Å². The van der Waals surface area contributed by atoms with Crippen LogP contribution >= 0.6 is 0 Å². The van der Waals surface area contributed by atoms with Crippen LogP contribution in [0.2, 0.25) is 0 Å². The Morgan fingerprint density at radius 3 is 2.50 bits per heavy atom. The average molecular weight is 282 g/mol. The first kappa shape index (κ1) is 13.7. The second-order valence-electron chi connectivity index (χ2n) is 6.38. The molecule has 3 unspecified atom stereocenters. The summed E-state index contributed by atoms with van der Waals surface area (Å²) < 4.78 is 0. The van der Waals surface area contributed by atoms with Gasteiger partial charge >= 0.3 is 12.0 Å². The van der Waals surface area contributed by atoms with Gasteiger partial charge in [0.05, 0.1) is 12.0 Å². The lowest BCUT2D eigenvalue weighted by Crippen LogP contribution is -2.48. The fourth-order valence-electron chi connectivity index (χ4n) is 3.95. The summed E-state index contributed by atoms with van der Waals surface area (Å²) in [5.74, 6) is -0.593. The standard InChI is InChI=1S/C14H22N2O4/c17-12-4-3-9-6-16(8-11(9)12)14(20)15-5-1-2-10(7-15)13(18)19/h9-12,17H,1-8H2,(H,18,19)/t9?,10-,11?,12?/m1/s1. The van der Waals surface area contributed by atoms with Gasteiger partial charge in [-0.05, 0) is 31.6 Å². The summed E-state index contributed by atoms with van der Waals surface area (Å²) >= 11 is 0. The van der Waals surface area contributed by atoms with Crippen molar-refractivity contribution < 1.29 is 19.8 Å². The van der Waals surface area contributed by atoms with Crippen LogP contribution in [0.3, 0.4) is 0 Å². The Kier molecular flexibility index (Phi) is 3.58. The number of aliphatic hydroxyl groups is 1. The molecule has 2 N–H and O–H groups in total. The molecule has 20 heavy (non-hydrogen) atoms. The minimum Gasteiger partial charge on any atom is -0.481 e. The molecule has 2 aliphatic heterocycles. The molecule has 6 heteroatoms. The number of carboxylic acid groups (broad SMARTS) is 1. The number of hydrogen-bond donors (Lipinski definition) is 2. The fraction of sp³-hybridized carbons (Fsp3) is 0.857. The largest absolute Gasteiger partial charge is 0.481 e. The molecular formula is C14H22N2O4. The molecule has 0 radical (unpaired) electrons. The van der Waals surface area contributed by atoms with Gasteiger partial charge in [-0.25, -0.2) is 4.79 Å². The summed E-state index contributed by atoms with van der Waals surface area (Å²) in [4.78, 5) is 27.0. The van der Waals surface area contributed by atoms with Crippen LogP contribution in [-0.2, 0) is 4.79 Å². The number of rotatable bonds is 1. The van der Waals surface area contributed by atoms with Crippen molar-refractivity contribution in [3.63, 3.8) is 0 Å². The molecule has 1 aliphatic carbocycles. The summed E-state index contributed by atoms with van der Waals surface area (Å²) in [6.45, 7) is 2.31. The van der Waals surface area contributed by atoms with Crippen LogP contribution in [0.1, 0.15) is 25.7 Å². The minimum absolute atomic E-state index is 0.0439. The SMILES string of the molecule is O=C(O)[C@@H]1CCCN(C(=O)N2CC3CCC(O)C3C2)C1. The molecule has 3 fully saturated rings. The number of likely N-dealkylation sites (tertiary alicyclic amines) is 2. The summed E-state index contributed by atoms with van der Waals surface area (Å²) in [6, 6.07) is -0.0439. The van der Waals surface area contributed by atoms with Crippen LogP contribution in [-0.4, -0.2) is 64.3 Å². The van der Waals surface area contributed by atoms with E-state index in [1.54, 1.807) is 4.90 Å². The highest BCUT2D eigenvalue weighted by Crippen LogP contribution is 2.38. The lowest BCUT2D eigenvalue weighted by molar-refractivity contribution is -0.143. The molecule has 1 saturated carbocycles. The Bertz CT molecular complexity index is 414. The third-order valence-electron chi connectivity index (χ3n) is 5.13. The highest BCUT2D eigenvalue weighted by atomic mass is 16.4. The first-order valence-electron chi connectivity index (χ1n) is 7.51. The van der Waals surface area contributed by atoms with Gasteiger partial charge in [0.1, 0.15) is 0 Å². The number of nitrogens with zero attached hydrogens (tertiary/aromatic N) is 2. The summed E-state index contributed by atoms with van der Waals surface area (Å²) in [5, 5.41) is 19.0. The Labute approximate surface area is 118 Å². The first-order chi connectivity index (χ1) is 9.56. The molecule has 2 saturated heterocycles. The molecule has 0 aromatic carbocycles. The van der Waals surface area contributed by atoms with Gasteiger partial charge in [0.15, 0.2) is 0 Å². The van der Waals surface area contributed by atoms with Crippen LogP contribution in [0.4, 0.5) is 4.79 Å². The number of aliphatic carboxylic acids is 1. The fourth-order valence-corrected chi connectivity index (χ4v) is 3.95. The molecule has 112 valence electrons. The number of carbonyl (C=O) groups excluding carboxylic acids is 1. The van der Waals surface area contributed by atoms with Crippen LogP contribution < -0.4 is 0 Å². The van der Waals surface area contributed by atoms with Crippen LogP contribution in [0, 0.1) is 17.8 Å². The van der Waals surface area contributed by atoms with Gasteiger partial charge in [0.2, 0.25) is 0 Å². The lowest BCUT2D eigenvalue weighted by atomic mass is 9.99. The molecular weight excluding hydrogens is 260 g/mol. The number of carbonyl (C=O) groups is 2. The van der Waals surface area contributed by atoms with E-state index < -0.39 is 11.9 Å². The third kappa shape index (κ3) is 2.37. The minimum atomic E-state index is -0.809. The smallest absolute Gasteiger partial charge is 0.320 e. The molecule has 0 aromatic rings. The van der Waals surface area contributed by atoms with Crippen molar-refractivity contribution >= 4 is 12.0 Å². The molecule has 0 spiro atoms. The highest BCUT2D eigenvalue weighted by Gasteiger charge is 2.44. The van der Waals surface area contributed by atoms with Gasteiger partial charge < -0.3 is 20.0 Å². The van der Waals surface area contributed by atoms with Crippen molar-refractivity contribution in [3.05, 3.63) is 0 Å². The molecule has 3 rings (SSSR count). The monoisotopic (exact) mass is 282 g/mol. The second-order valence-corrected chi connectivity index (χ2v) is 6.38. The zero-order chi connectivity index (χ0) is 14.3. The van der Waals surface area contributed by atoms with E-state index in [2.05, 4.69) is 0 Å². The Morgan fingerprint density at radius 1 is 1.00 bits per heavy atom. The topological polar surface area (TPSA) is 81.1 Å². The highest BCUT2D eigenvalue weighted by molar-refractivity contribution is 5.77. The molecule has 2 amide bonds. The van der Waals surface area contributed by atoms with Crippen molar-refractivity contribution in [2.45, 2.75) is 31.8 Å². The van der Waals surface area contributed by atoms with Gasteiger partial charge in [0, 0.05) is 32.1 Å². The number of urea groups is 1. The summed E-state index contributed by atoms with van der Waals surface area (Å²) in [5.41, 5.74) is 0. The number of carboxylic acids is 1.